The van der Waals surface area contributed by atoms with E-state index in [1.54, 1.807) is 7.11 Å². The topological polar surface area (TPSA) is 49.7 Å². The molecule has 0 aliphatic carbocycles. The summed E-state index contributed by atoms with van der Waals surface area (Å²) in [7, 11) is 1.55. The monoisotopic (exact) mass is 196 g/mol. The van der Waals surface area contributed by atoms with E-state index in [4.69, 9.17) is 9.84 Å². The van der Waals surface area contributed by atoms with Gasteiger partial charge in [-0.25, -0.2) is 0 Å². The molecule has 0 heterocycles. The van der Waals surface area contributed by atoms with E-state index in [0.29, 0.717) is 11.3 Å². The molecule has 0 fully saturated rings. The highest BCUT2D eigenvalue weighted by Crippen LogP contribution is 2.26. The molecule has 1 aromatic carbocycles. The Bertz CT molecular complexity index is 297. The van der Waals surface area contributed by atoms with E-state index in [1.165, 1.54) is 0 Å². The van der Waals surface area contributed by atoms with E-state index in [0.717, 1.165) is 12.0 Å². The van der Waals surface area contributed by atoms with Gasteiger partial charge in [-0.05, 0) is 24.1 Å². The number of hydrogen-bond donors (Lipinski definition) is 2. The average molecular weight is 196 g/mol. The van der Waals surface area contributed by atoms with Crippen molar-refractivity contribution in [3.8, 4) is 5.75 Å². The molecule has 0 radical (unpaired) electrons. The van der Waals surface area contributed by atoms with Gasteiger partial charge >= 0.3 is 0 Å². The predicted molar refractivity (Wildman–Crippen MR) is 54.4 cm³/mol. The molecule has 3 nitrogen and oxygen atoms in total. The summed E-state index contributed by atoms with van der Waals surface area (Å²) >= 11 is 0. The fourth-order valence-corrected chi connectivity index (χ4v) is 1.36. The first-order valence-corrected chi connectivity index (χ1v) is 4.68. The fourth-order valence-electron chi connectivity index (χ4n) is 1.36. The maximum absolute atomic E-state index is 9.53. The lowest BCUT2D eigenvalue weighted by Crippen LogP contribution is -2.05. The van der Waals surface area contributed by atoms with Crippen LogP contribution in [0.4, 0.5) is 0 Å². The minimum atomic E-state index is -0.864. The third-order valence-corrected chi connectivity index (χ3v) is 2.23. The van der Waals surface area contributed by atoms with Crippen molar-refractivity contribution < 1.29 is 14.9 Å². The first kappa shape index (κ1) is 11.0. The van der Waals surface area contributed by atoms with Crippen molar-refractivity contribution in [2.24, 2.45) is 0 Å². The molecule has 2 N–H and O–H groups in total. The molecule has 1 aromatic rings. The molecule has 0 aliphatic heterocycles. The highest BCUT2D eigenvalue weighted by Gasteiger charge is 2.12. The lowest BCUT2D eigenvalue weighted by Gasteiger charge is -2.13. The summed E-state index contributed by atoms with van der Waals surface area (Å²) in [6.45, 7) is 1.75. The second-order valence-corrected chi connectivity index (χ2v) is 3.13. The highest BCUT2D eigenvalue weighted by molar-refractivity contribution is 5.38. The number of methoxy groups -OCH3 is 1. The number of aryl methyl sites for hydroxylation is 1. The number of benzene rings is 1. The molecule has 78 valence electrons. The number of rotatable bonds is 4. The standard InChI is InChI=1S/C11H16O3/c1-3-8-4-5-11(14-2)9(6-8)10(13)7-12/h4-6,10,12-13H,3,7H2,1-2H3. The summed E-state index contributed by atoms with van der Waals surface area (Å²) in [6.07, 6.45) is 0.0336. The molecule has 1 atom stereocenters. The van der Waals surface area contributed by atoms with Crippen LogP contribution in [0.2, 0.25) is 0 Å². The zero-order chi connectivity index (χ0) is 10.6. The van der Waals surface area contributed by atoms with Crippen LogP contribution >= 0.6 is 0 Å². The third kappa shape index (κ3) is 2.25. The number of hydrogen-bond acceptors (Lipinski definition) is 3. The molecule has 0 saturated heterocycles. The maximum atomic E-state index is 9.53. The lowest BCUT2D eigenvalue weighted by atomic mass is 10.0. The van der Waals surface area contributed by atoms with Gasteiger partial charge in [0.05, 0.1) is 13.7 Å². The van der Waals surface area contributed by atoms with Gasteiger partial charge in [-0.15, -0.1) is 0 Å². The molecule has 0 spiro atoms. The van der Waals surface area contributed by atoms with Crippen LogP contribution in [-0.4, -0.2) is 23.9 Å². The van der Waals surface area contributed by atoms with Gasteiger partial charge < -0.3 is 14.9 Å². The zero-order valence-electron chi connectivity index (χ0n) is 8.53. The molecule has 0 amide bonds. The van der Waals surface area contributed by atoms with E-state index in [2.05, 4.69) is 0 Å². The van der Waals surface area contributed by atoms with Crippen LogP contribution in [-0.2, 0) is 6.42 Å². The van der Waals surface area contributed by atoms with Crippen molar-refractivity contribution in [3.63, 3.8) is 0 Å². The largest absolute Gasteiger partial charge is 0.496 e. The van der Waals surface area contributed by atoms with Gasteiger partial charge in [0.2, 0.25) is 0 Å². The van der Waals surface area contributed by atoms with Gasteiger partial charge in [-0.1, -0.05) is 13.0 Å². The van der Waals surface area contributed by atoms with Crippen molar-refractivity contribution in [2.45, 2.75) is 19.4 Å². The number of ether oxygens (including phenoxy) is 1. The van der Waals surface area contributed by atoms with Crippen LogP contribution in [0.5, 0.6) is 5.75 Å². The smallest absolute Gasteiger partial charge is 0.124 e. The van der Waals surface area contributed by atoms with Crippen molar-refractivity contribution >= 4 is 0 Å². The molecular formula is C11H16O3. The van der Waals surface area contributed by atoms with E-state index in [9.17, 15) is 5.11 Å². The average Bonchev–Trinajstić information content (AvgIpc) is 2.27. The van der Waals surface area contributed by atoms with Crippen LogP contribution in [0.3, 0.4) is 0 Å². The molecule has 0 aromatic heterocycles. The molecule has 0 aliphatic rings. The zero-order valence-corrected chi connectivity index (χ0v) is 8.53. The minimum Gasteiger partial charge on any atom is -0.496 e. The van der Waals surface area contributed by atoms with Crippen molar-refractivity contribution in [2.75, 3.05) is 13.7 Å². The van der Waals surface area contributed by atoms with Gasteiger partial charge in [-0.2, -0.15) is 0 Å². The van der Waals surface area contributed by atoms with Gasteiger partial charge in [0.15, 0.2) is 0 Å². The Morgan fingerprint density at radius 2 is 2.14 bits per heavy atom. The van der Waals surface area contributed by atoms with Gasteiger partial charge in [0.1, 0.15) is 11.9 Å². The Morgan fingerprint density at radius 3 is 2.64 bits per heavy atom. The van der Waals surface area contributed by atoms with E-state index >= 15 is 0 Å². The number of aliphatic hydroxyl groups is 2. The quantitative estimate of drug-likeness (QED) is 0.762. The second-order valence-electron chi connectivity index (χ2n) is 3.13. The van der Waals surface area contributed by atoms with E-state index in [1.807, 2.05) is 25.1 Å². The molecule has 1 rings (SSSR count). The molecular weight excluding hydrogens is 180 g/mol. The summed E-state index contributed by atoms with van der Waals surface area (Å²) in [6, 6.07) is 5.62. The fraction of sp³-hybridized carbons (Fsp3) is 0.455. The normalized spacial score (nSPS) is 12.6. The van der Waals surface area contributed by atoms with Crippen molar-refractivity contribution in [1.82, 2.24) is 0 Å². The van der Waals surface area contributed by atoms with E-state index < -0.39 is 6.10 Å². The molecule has 1 unspecified atom stereocenters. The van der Waals surface area contributed by atoms with Crippen LogP contribution in [0, 0.1) is 0 Å². The van der Waals surface area contributed by atoms with Crippen LogP contribution in [0.25, 0.3) is 0 Å². The second kappa shape index (κ2) is 4.98. The highest BCUT2D eigenvalue weighted by atomic mass is 16.5. The Kier molecular flexibility index (Phi) is 3.92. The van der Waals surface area contributed by atoms with Crippen LogP contribution in [0.15, 0.2) is 18.2 Å². The Balaban J connectivity index is 3.08. The summed E-state index contributed by atoms with van der Waals surface area (Å²) in [5.41, 5.74) is 1.77. The van der Waals surface area contributed by atoms with Crippen LogP contribution in [0.1, 0.15) is 24.2 Å². The molecule has 0 saturated carbocycles. The van der Waals surface area contributed by atoms with Gasteiger partial charge in [-0.3, -0.25) is 0 Å². The Hall–Kier alpha value is -1.06. The van der Waals surface area contributed by atoms with Gasteiger partial charge in [0, 0.05) is 5.56 Å². The third-order valence-electron chi connectivity index (χ3n) is 2.23. The van der Waals surface area contributed by atoms with Crippen LogP contribution < -0.4 is 4.74 Å². The number of aliphatic hydroxyl groups excluding tert-OH is 2. The summed E-state index contributed by atoms with van der Waals surface area (Å²) in [5.74, 6) is 0.615. The minimum absolute atomic E-state index is 0.288. The van der Waals surface area contributed by atoms with E-state index in [-0.39, 0.29) is 6.61 Å². The summed E-state index contributed by atoms with van der Waals surface area (Å²) in [4.78, 5) is 0. The maximum Gasteiger partial charge on any atom is 0.124 e. The predicted octanol–water partition coefficient (Wildman–Crippen LogP) is 1.28. The SMILES string of the molecule is CCc1ccc(OC)c(C(O)CO)c1. The van der Waals surface area contributed by atoms with Crippen molar-refractivity contribution in [3.05, 3.63) is 29.3 Å². The molecule has 3 heteroatoms. The molecule has 0 bridgehead atoms. The first-order chi connectivity index (χ1) is 6.72. The Labute approximate surface area is 84.0 Å². The lowest BCUT2D eigenvalue weighted by molar-refractivity contribution is 0.0933. The summed E-state index contributed by atoms with van der Waals surface area (Å²) < 4.78 is 5.10. The Morgan fingerprint density at radius 1 is 1.43 bits per heavy atom. The summed E-state index contributed by atoms with van der Waals surface area (Å²) in [5, 5.41) is 18.4. The van der Waals surface area contributed by atoms with Gasteiger partial charge in [0.25, 0.3) is 0 Å². The van der Waals surface area contributed by atoms with Crippen molar-refractivity contribution in [1.29, 1.82) is 0 Å². The molecule has 14 heavy (non-hydrogen) atoms. The first-order valence-electron chi connectivity index (χ1n) is 4.68.